The normalized spacial score (nSPS) is 21.8. The van der Waals surface area contributed by atoms with Gasteiger partial charge in [-0.25, -0.2) is 8.42 Å². The van der Waals surface area contributed by atoms with Gasteiger partial charge >= 0.3 is 0 Å². The van der Waals surface area contributed by atoms with Crippen molar-refractivity contribution in [3.8, 4) is 0 Å². The molecule has 0 aliphatic carbocycles. The minimum Gasteiger partial charge on any atom is -0.379 e. The maximum atomic E-state index is 13.1. The second-order valence-electron chi connectivity index (χ2n) is 6.11. The summed E-state index contributed by atoms with van der Waals surface area (Å²) in [7, 11) is -2.02. The van der Waals surface area contributed by atoms with Crippen molar-refractivity contribution >= 4 is 20.8 Å². The molecule has 1 fully saturated rings. The number of ether oxygens (including phenoxy) is 1. The molecule has 2 heterocycles. The van der Waals surface area contributed by atoms with Gasteiger partial charge in [0.1, 0.15) is 0 Å². The summed E-state index contributed by atoms with van der Waals surface area (Å²) in [4.78, 5) is 0.293. The lowest BCUT2D eigenvalue weighted by Crippen LogP contribution is -2.30. The minimum atomic E-state index is -3.60. The number of hydrogen-bond acceptors (Lipinski definition) is 5. The number of rotatable bonds is 4. The van der Waals surface area contributed by atoms with Crippen LogP contribution in [0.25, 0.3) is 10.8 Å². The zero-order chi connectivity index (χ0) is 17.4. The van der Waals surface area contributed by atoms with Gasteiger partial charge in [0, 0.05) is 26.1 Å². The lowest BCUT2D eigenvalue weighted by Gasteiger charge is -2.16. The predicted molar refractivity (Wildman–Crippen MR) is 92.6 cm³/mol. The standard InChI is InChI=1S/C17H18N4O3S/c1-24-17-11-21(10-15(17)16-9-18-20-19-16)25(22,23)14-7-6-12-4-2-3-5-13(12)8-14/h2-9,15,17H,10-11H2,1H3,(H,18,19,20)/t15-,17+/m0/s1. The summed E-state index contributed by atoms with van der Waals surface area (Å²) in [5, 5.41) is 12.4. The van der Waals surface area contributed by atoms with Gasteiger partial charge in [0.2, 0.25) is 10.0 Å². The van der Waals surface area contributed by atoms with Gasteiger partial charge in [-0.1, -0.05) is 30.3 Å². The summed E-state index contributed by atoms with van der Waals surface area (Å²) in [6.45, 7) is 0.614. The van der Waals surface area contributed by atoms with Gasteiger partial charge in [-0.2, -0.15) is 19.7 Å². The number of benzene rings is 2. The van der Waals surface area contributed by atoms with E-state index < -0.39 is 10.0 Å². The van der Waals surface area contributed by atoms with E-state index in [1.165, 1.54) is 4.31 Å². The number of nitrogens with zero attached hydrogens (tertiary/aromatic N) is 3. The Kier molecular flexibility index (Phi) is 4.03. The molecule has 3 aromatic rings. The number of nitrogens with one attached hydrogen (secondary N) is 1. The van der Waals surface area contributed by atoms with E-state index in [-0.39, 0.29) is 12.0 Å². The van der Waals surface area contributed by atoms with Crippen LogP contribution in [0.4, 0.5) is 0 Å². The van der Waals surface area contributed by atoms with E-state index in [9.17, 15) is 8.42 Å². The molecule has 0 radical (unpaired) electrons. The van der Waals surface area contributed by atoms with E-state index in [2.05, 4.69) is 15.4 Å². The van der Waals surface area contributed by atoms with Crippen molar-refractivity contribution < 1.29 is 13.2 Å². The van der Waals surface area contributed by atoms with E-state index in [4.69, 9.17) is 4.74 Å². The summed E-state index contributed by atoms with van der Waals surface area (Å²) < 4.78 is 33.1. The molecule has 0 bridgehead atoms. The van der Waals surface area contributed by atoms with E-state index in [1.807, 2.05) is 30.3 Å². The van der Waals surface area contributed by atoms with E-state index in [0.29, 0.717) is 23.7 Å². The number of fused-ring (bicyclic) bond motifs is 1. The molecule has 130 valence electrons. The highest BCUT2D eigenvalue weighted by Gasteiger charge is 2.41. The molecule has 8 heteroatoms. The zero-order valence-corrected chi connectivity index (χ0v) is 14.5. The molecule has 2 aromatic carbocycles. The first kappa shape index (κ1) is 16.2. The van der Waals surface area contributed by atoms with Gasteiger partial charge in [0.25, 0.3) is 0 Å². The van der Waals surface area contributed by atoms with Gasteiger partial charge in [0.15, 0.2) is 0 Å². The number of methoxy groups -OCH3 is 1. The monoisotopic (exact) mass is 358 g/mol. The topological polar surface area (TPSA) is 88.2 Å². The second kappa shape index (κ2) is 6.21. The Labute approximate surface area is 145 Å². The van der Waals surface area contributed by atoms with Gasteiger partial charge in [0.05, 0.1) is 22.9 Å². The Bertz CT molecular complexity index is 988. The maximum absolute atomic E-state index is 13.1. The molecule has 1 N–H and O–H groups in total. The number of sulfonamides is 1. The van der Waals surface area contributed by atoms with Crippen molar-refractivity contribution in [2.75, 3.05) is 20.2 Å². The lowest BCUT2D eigenvalue weighted by molar-refractivity contribution is 0.101. The fourth-order valence-corrected chi connectivity index (χ4v) is 4.84. The Hall–Kier alpha value is -2.29. The smallest absolute Gasteiger partial charge is 0.243 e. The van der Waals surface area contributed by atoms with Gasteiger partial charge in [-0.3, -0.25) is 0 Å². The highest BCUT2D eigenvalue weighted by Crippen LogP contribution is 2.32. The summed E-state index contributed by atoms with van der Waals surface area (Å²) in [6.07, 6.45) is 1.36. The average Bonchev–Trinajstić information content (AvgIpc) is 3.30. The van der Waals surface area contributed by atoms with Gasteiger partial charge in [-0.15, -0.1) is 0 Å². The van der Waals surface area contributed by atoms with Crippen molar-refractivity contribution in [2.45, 2.75) is 16.9 Å². The molecule has 0 saturated carbocycles. The number of H-pyrrole nitrogens is 1. The van der Waals surface area contributed by atoms with Crippen LogP contribution in [-0.4, -0.2) is 54.4 Å². The van der Waals surface area contributed by atoms with Crippen LogP contribution in [0, 0.1) is 0 Å². The molecule has 0 spiro atoms. The predicted octanol–water partition coefficient (Wildman–Crippen LogP) is 1.76. The quantitative estimate of drug-likeness (QED) is 0.768. The SMILES string of the molecule is CO[C@@H]1CN(S(=O)(=O)c2ccc3ccccc3c2)C[C@H]1c1cn[nH]n1. The molecule has 0 unspecified atom stereocenters. The average molecular weight is 358 g/mol. The molecule has 7 nitrogen and oxygen atoms in total. The third kappa shape index (κ3) is 2.82. The Balaban J connectivity index is 1.67. The largest absolute Gasteiger partial charge is 0.379 e. The molecule has 2 atom stereocenters. The van der Waals surface area contributed by atoms with Crippen LogP contribution >= 0.6 is 0 Å². The highest BCUT2D eigenvalue weighted by molar-refractivity contribution is 7.89. The fraction of sp³-hybridized carbons (Fsp3) is 0.294. The molecular formula is C17H18N4O3S. The molecule has 1 aliphatic rings. The summed E-state index contributed by atoms with van der Waals surface area (Å²) in [5.41, 5.74) is 0.711. The van der Waals surface area contributed by atoms with Crippen LogP contribution in [0.2, 0.25) is 0 Å². The Morgan fingerprint density at radius 2 is 1.96 bits per heavy atom. The first-order chi connectivity index (χ1) is 12.1. The number of hydrogen-bond donors (Lipinski definition) is 1. The van der Waals surface area contributed by atoms with Crippen LogP contribution in [0.3, 0.4) is 0 Å². The van der Waals surface area contributed by atoms with Crippen LogP contribution in [0.1, 0.15) is 11.6 Å². The molecule has 1 aliphatic heterocycles. The molecular weight excluding hydrogens is 340 g/mol. The third-order valence-electron chi connectivity index (χ3n) is 4.71. The van der Waals surface area contributed by atoms with Crippen molar-refractivity contribution in [3.63, 3.8) is 0 Å². The first-order valence-corrected chi connectivity index (χ1v) is 9.41. The minimum absolute atomic E-state index is 0.140. The van der Waals surface area contributed by atoms with Crippen LogP contribution in [0.15, 0.2) is 53.6 Å². The van der Waals surface area contributed by atoms with E-state index in [0.717, 1.165) is 10.8 Å². The molecule has 0 amide bonds. The van der Waals surface area contributed by atoms with E-state index in [1.54, 1.807) is 25.4 Å². The first-order valence-electron chi connectivity index (χ1n) is 7.97. The summed E-state index contributed by atoms with van der Waals surface area (Å²) in [6, 6.07) is 12.9. The maximum Gasteiger partial charge on any atom is 0.243 e. The van der Waals surface area contributed by atoms with Crippen LogP contribution < -0.4 is 0 Å². The van der Waals surface area contributed by atoms with Crippen molar-refractivity contribution in [2.24, 2.45) is 0 Å². The lowest BCUT2D eigenvalue weighted by atomic mass is 10.0. The molecule has 25 heavy (non-hydrogen) atoms. The second-order valence-corrected chi connectivity index (χ2v) is 8.04. The zero-order valence-electron chi connectivity index (χ0n) is 13.7. The summed E-state index contributed by atoms with van der Waals surface area (Å²) in [5.74, 6) is -0.140. The molecule has 4 rings (SSSR count). The number of aromatic nitrogens is 3. The molecule has 1 aromatic heterocycles. The van der Waals surface area contributed by atoms with Crippen molar-refractivity contribution in [1.82, 2.24) is 19.7 Å². The Morgan fingerprint density at radius 3 is 2.68 bits per heavy atom. The van der Waals surface area contributed by atoms with Crippen LogP contribution in [0.5, 0.6) is 0 Å². The number of aromatic amines is 1. The van der Waals surface area contributed by atoms with Crippen molar-refractivity contribution in [1.29, 1.82) is 0 Å². The Morgan fingerprint density at radius 1 is 1.16 bits per heavy atom. The van der Waals surface area contributed by atoms with Gasteiger partial charge in [-0.05, 0) is 22.9 Å². The fourth-order valence-electron chi connectivity index (χ4n) is 3.32. The molecule has 1 saturated heterocycles. The third-order valence-corrected chi connectivity index (χ3v) is 6.54. The van der Waals surface area contributed by atoms with E-state index >= 15 is 0 Å². The van der Waals surface area contributed by atoms with Crippen LogP contribution in [-0.2, 0) is 14.8 Å². The highest BCUT2D eigenvalue weighted by atomic mass is 32.2. The van der Waals surface area contributed by atoms with Crippen molar-refractivity contribution in [3.05, 3.63) is 54.4 Å². The summed E-state index contributed by atoms with van der Waals surface area (Å²) >= 11 is 0. The van der Waals surface area contributed by atoms with Gasteiger partial charge < -0.3 is 4.74 Å².